The molecule has 184 valence electrons. The van der Waals surface area contributed by atoms with Gasteiger partial charge in [0.25, 0.3) is 11.8 Å². The van der Waals surface area contributed by atoms with Crippen molar-refractivity contribution in [1.29, 1.82) is 0 Å². The molecule has 2 N–H and O–H groups in total. The van der Waals surface area contributed by atoms with Gasteiger partial charge in [0.05, 0.1) is 6.61 Å². The zero-order valence-corrected chi connectivity index (χ0v) is 20.2. The molecule has 1 aromatic carbocycles. The van der Waals surface area contributed by atoms with Crippen LogP contribution in [0.2, 0.25) is 0 Å². The number of ether oxygens (including phenoxy) is 2. The molecule has 0 spiro atoms. The quantitative estimate of drug-likeness (QED) is 0.533. The number of nitrogens with one attached hydrogen (secondary N) is 1. The molecular formula is C27H26N4O5. The molecule has 1 unspecified atom stereocenters. The van der Waals surface area contributed by atoms with Crippen molar-refractivity contribution in [3.05, 3.63) is 72.2 Å². The number of hydrogen-bond donors (Lipinski definition) is 2. The summed E-state index contributed by atoms with van der Waals surface area (Å²) >= 11 is 0. The summed E-state index contributed by atoms with van der Waals surface area (Å²) in [6, 6.07) is 13.0. The maximum atomic E-state index is 13.1. The van der Waals surface area contributed by atoms with Gasteiger partial charge in [0.2, 0.25) is 0 Å². The Kier molecular flexibility index (Phi) is 7.17. The number of nitrogens with zero attached hydrogens (tertiary/aromatic N) is 3. The van der Waals surface area contributed by atoms with E-state index in [9.17, 15) is 14.7 Å². The molecule has 3 heterocycles. The highest BCUT2D eigenvalue weighted by Gasteiger charge is 2.32. The third-order valence-corrected chi connectivity index (χ3v) is 5.37. The van der Waals surface area contributed by atoms with E-state index in [4.69, 9.17) is 9.47 Å². The third-order valence-electron chi connectivity index (χ3n) is 5.37. The van der Waals surface area contributed by atoms with Gasteiger partial charge in [0.15, 0.2) is 11.6 Å². The summed E-state index contributed by atoms with van der Waals surface area (Å²) in [5, 5.41) is 12.1. The van der Waals surface area contributed by atoms with Crippen molar-refractivity contribution >= 4 is 17.6 Å². The smallest absolute Gasteiger partial charge is 0.270 e. The summed E-state index contributed by atoms with van der Waals surface area (Å²) in [4.78, 5) is 35.7. The molecule has 2 amide bonds. The van der Waals surface area contributed by atoms with Gasteiger partial charge < -0.3 is 19.9 Å². The molecule has 36 heavy (non-hydrogen) atoms. The Morgan fingerprint density at radius 3 is 2.75 bits per heavy atom. The van der Waals surface area contributed by atoms with E-state index in [2.05, 4.69) is 27.1 Å². The van der Waals surface area contributed by atoms with Crippen molar-refractivity contribution in [2.45, 2.75) is 19.9 Å². The average Bonchev–Trinajstić information content (AvgIpc) is 3.00. The number of fused-ring (bicyclic) bond motifs is 1. The molecule has 3 aromatic rings. The lowest BCUT2D eigenvalue weighted by Gasteiger charge is -2.19. The van der Waals surface area contributed by atoms with Crippen LogP contribution in [-0.4, -0.2) is 53.2 Å². The van der Waals surface area contributed by atoms with Crippen LogP contribution < -0.4 is 19.7 Å². The zero-order chi connectivity index (χ0) is 25.7. The standard InChI is InChI=1S/C27H26N4O5/c1-27(2,17-32)11-9-18-13-23-24(29-15-18)31(3)26(34)22(16-35-23)30-25(33)21-14-20(10-12-28-21)36-19-7-5-4-6-8-19/h4-8,10,12-15,22,32H,16-17H2,1-3H3,(H,30,33). The lowest BCUT2D eigenvalue weighted by Crippen LogP contribution is -2.49. The van der Waals surface area contributed by atoms with Crippen molar-refractivity contribution in [3.63, 3.8) is 0 Å². The number of carbonyl (C=O) groups is 2. The highest BCUT2D eigenvalue weighted by molar-refractivity contribution is 6.02. The van der Waals surface area contributed by atoms with Crippen LogP contribution in [0.4, 0.5) is 5.82 Å². The van der Waals surface area contributed by atoms with Gasteiger partial charge in [-0.05, 0) is 32.0 Å². The molecule has 4 rings (SSSR count). The lowest BCUT2D eigenvalue weighted by atomic mass is 9.95. The van der Waals surface area contributed by atoms with Crippen molar-refractivity contribution in [2.24, 2.45) is 5.41 Å². The van der Waals surface area contributed by atoms with Crippen LogP contribution >= 0.6 is 0 Å². The molecule has 1 aliphatic heterocycles. The number of hydrogen-bond acceptors (Lipinski definition) is 7. The number of pyridine rings is 2. The molecule has 9 heteroatoms. The molecule has 2 aromatic heterocycles. The summed E-state index contributed by atoms with van der Waals surface area (Å²) in [5.41, 5.74) is 0.119. The summed E-state index contributed by atoms with van der Waals surface area (Å²) in [6.45, 7) is 3.48. The van der Waals surface area contributed by atoms with E-state index in [0.717, 1.165) is 0 Å². The number of anilines is 1. The lowest BCUT2D eigenvalue weighted by molar-refractivity contribution is -0.120. The summed E-state index contributed by atoms with van der Waals surface area (Å²) < 4.78 is 11.6. The van der Waals surface area contributed by atoms with E-state index < -0.39 is 17.4 Å². The number of rotatable bonds is 5. The van der Waals surface area contributed by atoms with Gasteiger partial charge >= 0.3 is 0 Å². The van der Waals surface area contributed by atoms with Gasteiger partial charge in [-0.3, -0.25) is 19.5 Å². The maximum Gasteiger partial charge on any atom is 0.270 e. The minimum atomic E-state index is -0.958. The van der Waals surface area contributed by atoms with Crippen molar-refractivity contribution in [3.8, 4) is 29.1 Å². The Labute approximate surface area is 209 Å². The summed E-state index contributed by atoms with van der Waals surface area (Å²) in [6.07, 6.45) is 3.00. The van der Waals surface area contributed by atoms with Crippen LogP contribution in [0.15, 0.2) is 60.9 Å². The van der Waals surface area contributed by atoms with E-state index in [1.807, 2.05) is 32.0 Å². The molecule has 0 bridgehead atoms. The van der Waals surface area contributed by atoms with Gasteiger partial charge in [0, 0.05) is 42.6 Å². The zero-order valence-electron chi connectivity index (χ0n) is 20.2. The Bertz CT molecular complexity index is 1330. The van der Waals surface area contributed by atoms with Gasteiger partial charge in [-0.2, -0.15) is 0 Å². The van der Waals surface area contributed by atoms with E-state index in [1.54, 1.807) is 31.3 Å². The molecule has 0 fully saturated rings. The van der Waals surface area contributed by atoms with Gasteiger partial charge in [-0.25, -0.2) is 4.98 Å². The van der Waals surface area contributed by atoms with Crippen LogP contribution in [0.5, 0.6) is 17.2 Å². The number of aromatic nitrogens is 2. The van der Waals surface area contributed by atoms with Crippen LogP contribution in [-0.2, 0) is 4.79 Å². The fourth-order valence-electron chi connectivity index (χ4n) is 3.29. The maximum absolute atomic E-state index is 13.1. The van der Waals surface area contributed by atoms with Crippen LogP contribution in [0.25, 0.3) is 0 Å². The molecule has 0 aliphatic carbocycles. The summed E-state index contributed by atoms with van der Waals surface area (Å²) in [5.74, 6) is 6.79. The van der Waals surface area contributed by atoms with Crippen molar-refractivity contribution < 1.29 is 24.2 Å². The topological polar surface area (TPSA) is 114 Å². The number of likely N-dealkylation sites (N-methyl/N-ethyl adjacent to an activating group) is 1. The largest absolute Gasteiger partial charge is 0.487 e. The van der Waals surface area contributed by atoms with E-state index in [-0.39, 0.29) is 24.8 Å². The number of carbonyl (C=O) groups excluding carboxylic acids is 2. The molecule has 1 atom stereocenters. The Morgan fingerprint density at radius 1 is 1.22 bits per heavy atom. The van der Waals surface area contributed by atoms with Crippen molar-refractivity contribution in [1.82, 2.24) is 15.3 Å². The first-order chi connectivity index (χ1) is 17.3. The third kappa shape index (κ3) is 5.79. The number of amides is 2. The molecule has 0 saturated heterocycles. The van der Waals surface area contributed by atoms with Crippen molar-refractivity contribution in [2.75, 3.05) is 25.2 Å². The molecule has 9 nitrogen and oxygen atoms in total. The van der Waals surface area contributed by atoms with E-state index in [0.29, 0.717) is 28.6 Å². The average molecular weight is 487 g/mol. The number of benzene rings is 1. The van der Waals surface area contributed by atoms with Crippen LogP contribution in [0.1, 0.15) is 29.9 Å². The van der Waals surface area contributed by atoms with Gasteiger partial charge in [-0.15, -0.1) is 0 Å². The van der Waals surface area contributed by atoms with E-state index >= 15 is 0 Å². The minimum Gasteiger partial charge on any atom is -0.487 e. The first-order valence-corrected chi connectivity index (χ1v) is 11.3. The van der Waals surface area contributed by atoms with E-state index in [1.165, 1.54) is 23.4 Å². The Morgan fingerprint density at radius 2 is 2.00 bits per heavy atom. The predicted molar refractivity (Wildman–Crippen MR) is 133 cm³/mol. The Hall–Kier alpha value is -4.42. The van der Waals surface area contributed by atoms with Crippen LogP contribution in [0, 0.1) is 17.3 Å². The second-order valence-electron chi connectivity index (χ2n) is 8.86. The molecule has 0 saturated carbocycles. The van der Waals surface area contributed by atoms with Gasteiger partial charge in [-0.1, -0.05) is 30.0 Å². The first kappa shape index (κ1) is 24.7. The second kappa shape index (κ2) is 10.5. The number of para-hydroxylation sites is 1. The van der Waals surface area contributed by atoms with Gasteiger partial charge in [0.1, 0.15) is 29.8 Å². The number of aliphatic hydroxyl groups excluding tert-OH is 1. The predicted octanol–water partition coefficient (Wildman–Crippen LogP) is 2.79. The molecular weight excluding hydrogens is 460 g/mol. The summed E-state index contributed by atoms with van der Waals surface area (Å²) in [7, 11) is 1.56. The fourth-order valence-corrected chi connectivity index (χ4v) is 3.29. The molecule has 0 radical (unpaired) electrons. The Balaban J connectivity index is 1.48. The fraction of sp³-hybridized carbons (Fsp3) is 0.259. The number of aliphatic hydroxyl groups is 1. The monoisotopic (exact) mass is 486 g/mol. The first-order valence-electron chi connectivity index (χ1n) is 11.3. The minimum absolute atomic E-state index is 0.0797. The SMILES string of the molecule is CN1C(=O)C(NC(=O)c2cc(Oc3ccccc3)ccn2)COc2cc(C#CC(C)(C)CO)cnc21. The molecule has 1 aliphatic rings. The normalized spacial score (nSPS) is 15.1. The highest BCUT2D eigenvalue weighted by atomic mass is 16.5. The highest BCUT2D eigenvalue weighted by Crippen LogP contribution is 2.29. The van der Waals surface area contributed by atoms with Crippen LogP contribution in [0.3, 0.4) is 0 Å². The second-order valence-corrected chi connectivity index (χ2v) is 8.86.